The van der Waals surface area contributed by atoms with Crippen molar-refractivity contribution in [2.45, 2.75) is 20.3 Å². The summed E-state index contributed by atoms with van der Waals surface area (Å²) >= 11 is 0. The standard InChI is InChI=1S/C8H14O5S/c1-6(5-14(11,12)13)3-4-7(2)8(9)10/h4,6H,3,5H2,1-2H3,(H,9,10)(H,11,12,13). The number of hydrogen-bond donors (Lipinski definition) is 2. The third kappa shape index (κ3) is 6.62. The molecule has 0 bridgehead atoms. The molecule has 1 unspecified atom stereocenters. The van der Waals surface area contributed by atoms with Crippen LogP contribution in [0.15, 0.2) is 11.6 Å². The molecule has 0 aliphatic heterocycles. The number of rotatable bonds is 5. The number of allylic oxidation sites excluding steroid dienone is 1. The van der Waals surface area contributed by atoms with Crippen LogP contribution in [0.2, 0.25) is 0 Å². The van der Waals surface area contributed by atoms with Gasteiger partial charge in [0.2, 0.25) is 0 Å². The van der Waals surface area contributed by atoms with Crippen molar-refractivity contribution in [1.82, 2.24) is 0 Å². The summed E-state index contributed by atoms with van der Waals surface area (Å²) in [4.78, 5) is 10.4. The molecule has 1 atom stereocenters. The van der Waals surface area contributed by atoms with E-state index in [0.717, 1.165) is 0 Å². The maximum absolute atomic E-state index is 10.4. The van der Waals surface area contributed by atoms with Crippen LogP contribution >= 0.6 is 0 Å². The van der Waals surface area contributed by atoms with Gasteiger partial charge in [-0.25, -0.2) is 4.79 Å². The van der Waals surface area contributed by atoms with Crippen molar-refractivity contribution in [3.05, 3.63) is 11.6 Å². The molecule has 0 aromatic heterocycles. The lowest BCUT2D eigenvalue weighted by Gasteiger charge is -2.05. The van der Waals surface area contributed by atoms with Crippen LogP contribution in [0.5, 0.6) is 0 Å². The molecule has 0 aliphatic rings. The summed E-state index contributed by atoms with van der Waals surface area (Å²) in [7, 11) is -3.97. The van der Waals surface area contributed by atoms with Crippen LogP contribution in [0, 0.1) is 5.92 Å². The van der Waals surface area contributed by atoms with E-state index in [1.54, 1.807) is 6.92 Å². The van der Waals surface area contributed by atoms with Crippen molar-refractivity contribution in [3.8, 4) is 0 Å². The van der Waals surface area contributed by atoms with Gasteiger partial charge in [-0.05, 0) is 19.3 Å². The molecule has 0 saturated carbocycles. The van der Waals surface area contributed by atoms with Gasteiger partial charge in [0.05, 0.1) is 5.75 Å². The first-order valence-electron chi connectivity index (χ1n) is 4.07. The van der Waals surface area contributed by atoms with E-state index in [2.05, 4.69) is 0 Å². The third-order valence-electron chi connectivity index (χ3n) is 1.66. The van der Waals surface area contributed by atoms with Gasteiger partial charge in [-0.1, -0.05) is 13.0 Å². The van der Waals surface area contributed by atoms with Gasteiger partial charge in [-0.15, -0.1) is 0 Å². The SMILES string of the molecule is CC(=CCC(C)CS(=O)(=O)O)C(=O)O. The van der Waals surface area contributed by atoms with E-state index >= 15 is 0 Å². The number of aliphatic carboxylic acids is 1. The Kier molecular flexibility index (Phi) is 4.79. The van der Waals surface area contributed by atoms with E-state index in [0.29, 0.717) is 6.42 Å². The van der Waals surface area contributed by atoms with E-state index in [1.165, 1.54) is 13.0 Å². The molecule has 0 rings (SSSR count). The minimum absolute atomic E-state index is 0.173. The summed E-state index contributed by atoms with van der Waals surface area (Å²) in [6, 6.07) is 0. The van der Waals surface area contributed by atoms with E-state index in [1.807, 2.05) is 0 Å². The fraction of sp³-hybridized carbons (Fsp3) is 0.625. The molecule has 6 heteroatoms. The first kappa shape index (κ1) is 13.1. The molecular formula is C8H14O5S. The number of carbonyl (C=O) groups is 1. The van der Waals surface area contributed by atoms with Crippen LogP contribution in [0.1, 0.15) is 20.3 Å². The van der Waals surface area contributed by atoms with E-state index < -0.39 is 16.1 Å². The molecule has 82 valence electrons. The van der Waals surface area contributed by atoms with Crippen molar-refractivity contribution in [1.29, 1.82) is 0 Å². The molecule has 0 aromatic carbocycles. The van der Waals surface area contributed by atoms with Gasteiger partial charge in [-0.3, -0.25) is 4.55 Å². The molecule has 0 radical (unpaired) electrons. The molecule has 0 aromatic rings. The smallest absolute Gasteiger partial charge is 0.330 e. The first-order chi connectivity index (χ1) is 6.22. The van der Waals surface area contributed by atoms with Gasteiger partial charge >= 0.3 is 5.97 Å². The monoisotopic (exact) mass is 222 g/mol. The molecule has 0 heterocycles. The average molecular weight is 222 g/mol. The highest BCUT2D eigenvalue weighted by Crippen LogP contribution is 2.08. The third-order valence-corrected chi connectivity index (χ3v) is 2.65. The summed E-state index contributed by atoms with van der Waals surface area (Å²) in [5, 5.41) is 8.49. The quantitative estimate of drug-likeness (QED) is 0.533. The van der Waals surface area contributed by atoms with Crippen molar-refractivity contribution in [2.24, 2.45) is 5.92 Å². The Balaban J connectivity index is 4.16. The summed E-state index contributed by atoms with van der Waals surface area (Å²) in [5.74, 6) is -1.67. The normalized spacial score (nSPS) is 15.2. The zero-order valence-electron chi connectivity index (χ0n) is 8.10. The van der Waals surface area contributed by atoms with Crippen LogP contribution < -0.4 is 0 Å². The second-order valence-electron chi connectivity index (χ2n) is 3.28. The van der Waals surface area contributed by atoms with Crippen molar-refractivity contribution in [2.75, 3.05) is 5.75 Å². The molecule has 0 fully saturated rings. The zero-order chi connectivity index (χ0) is 11.4. The number of hydrogen-bond acceptors (Lipinski definition) is 3. The van der Waals surface area contributed by atoms with Gasteiger partial charge in [0.1, 0.15) is 0 Å². The zero-order valence-corrected chi connectivity index (χ0v) is 8.91. The predicted octanol–water partition coefficient (Wildman–Crippen LogP) is 0.931. The topological polar surface area (TPSA) is 91.7 Å². The fourth-order valence-corrected chi connectivity index (χ4v) is 1.75. The van der Waals surface area contributed by atoms with Gasteiger partial charge in [0.15, 0.2) is 0 Å². The Morgan fingerprint density at radius 1 is 1.50 bits per heavy atom. The maximum Gasteiger partial charge on any atom is 0.330 e. The molecule has 0 amide bonds. The molecule has 0 spiro atoms. The molecule has 14 heavy (non-hydrogen) atoms. The number of carboxylic acid groups (broad SMARTS) is 1. The highest BCUT2D eigenvalue weighted by atomic mass is 32.2. The first-order valence-corrected chi connectivity index (χ1v) is 5.68. The summed E-state index contributed by atoms with van der Waals surface area (Å²) in [6.45, 7) is 3.06. The molecule has 2 N–H and O–H groups in total. The Morgan fingerprint density at radius 3 is 2.36 bits per heavy atom. The van der Waals surface area contributed by atoms with Gasteiger partial charge < -0.3 is 5.11 Å². The van der Waals surface area contributed by atoms with Gasteiger partial charge in [0.25, 0.3) is 10.1 Å². The summed E-state index contributed by atoms with van der Waals surface area (Å²) < 4.78 is 29.4. The predicted molar refractivity (Wildman–Crippen MR) is 51.6 cm³/mol. The molecule has 5 nitrogen and oxygen atoms in total. The van der Waals surface area contributed by atoms with Crippen LogP contribution in [0.25, 0.3) is 0 Å². The Labute approximate surface area is 83.2 Å². The lowest BCUT2D eigenvalue weighted by molar-refractivity contribution is -0.132. The molecule has 0 saturated heterocycles. The second kappa shape index (κ2) is 5.11. The van der Waals surface area contributed by atoms with Crippen molar-refractivity contribution in [3.63, 3.8) is 0 Å². The van der Waals surface area contributed by atoms with Crippen LogP contribution in [0.3, 0.4) is 0 Å². The highest BCUT2D eigenvalue weighted by molar-refractivity contribution is 7.85. The second-order valence-corrected chi connectivity index (χ2v) is 4.78. The summed E-state index contributed by atoms with van der Waals surface area (Å²) in [6.07, 6.45) is 1.76. The lowest BCUT2D eigenvalue weighted by atomic mass is 10.1. The Morgan fingerprint density at radius 2 is 2.00 bits per heavy atom. The Bertz CT molecular complexity index is 328. The van der Waals surface area contributed by atoms with Crippen molar-refractivity contribution < 1.29 is 22.9 Å². The number of carboxylic acids is 1. The van der Waals surface area contributed by atoms with E-state index in [4.69, 9.17) is 9.66 Å². The molecule has 0 aliphatic carbocycles. The highest BCUT2D eigenvalue weighted by Gasteiger charge is 2.11. The van der Waals surface area contributed by atoms with Crippen LogP contribution in [-0.2, 0) is 14.9 Å². The minimum Gasteiger partial charge on any atom is -0.478 e. The maximum atomic E-state index is 10.4. The molecular weight excluding hydrogens is 208 g/mol. The fourth-order valence-electron chi connectivity index (χ4n) is 0.893. The average Bonchev–Trinajstić information content (AvgIpc) is 1.96. The largest absolute Gasteiger partial charge is 0.478 e. The van der Waals surface area contributed by atoms with Crippen molar-refractivity contribution >= 4 is 16.1 Å². The van der Waals surface area contributed by atoms with Gasteiger partial charge in [0, 0.05) is 5.57 Å². The lowest BCUT2D eigenvalue weighted by Crippen LogP contribution is -2.12. The van der Waals surface area contributed by atoms with Gasteiger partial charge in [-0.2, -0.15) is 8.42 Å². The van der Waals surface area contributed by atoms with E-state index in [-0.39, 0.29) is 17.2 Å². The van der Waals surface area contributed by atoms with Crippen LogP contribution in [-0.4, -0.2) is 29.8 Å². The minimum atomic E-state index is -3.97. The Hall–Kier alpha value is -0.880. The summed E-state index contributed by atoms with van der Waals surface area (Å²) in [5.41, 5.74) is 0.173. The van der Waals surface area contributed by atoms with E-state index in [9.17, 15) is 13.2 Å². The van der Waals surface area contributed by atoms with Crippen LogP contribution in [0.4, 0.5) is 0 Å².